The highest BCUT2D eigenvalue weighted by molar-refractivity contribution is 7.25. The molecule has 0 atom stereocenters. The van der Waals surface area contributed by atoms with Crippen LogP contribution in [0.3, 0.4) is 0 Å². The maximum atomic E-state index is 5.14. The maximum Gasteiger partial charge on any atom is 0.164 e. The summed E-state index contributed by atoms with van der Waals surface area (Å²) in [5.41, 5.74) is 12.4. The molecule has 10 rings (SSSR count). The Bertz CT molecular complexity index is 2920. The fourth-order valence-electron chi connectivity index (χ4n) is 7.53. The van der Waals surface area contributed by atoms with E-state index in [2.05, 4.69) is 188 Å². The summed E-state index contributed by atoms with van der Waals surface area (Å²) in [6.45, 7) is 0. The summed E-state index contributed by atoms with van der Waals surface area (Å²) in [4.78, 5) is 15.4. The van der Waals surface area contributed by atoms with Crippen molar-refractivity contribution in [3.63, 3.8) is 0 Å². The van der Waals surface area contributed by atoms with Crippen molar-refractivity contribution in [3.8, 4) is 67.5 Å². The molecule has 55 heavy (non-hydrogen) atoms. The van der Waals surface area contributed by atoms with Gasteiger partial charge in [0.25, 0.3) is 0 Å². The van der Waals surface area contributed by atoms with E-state index >= 15 is 0 Å². The van der Waals surface area contributed by atoms with Crippen LogP contribution in [0.25, 0.3) is 93.3 Å². The minimum absolute atomic E-state index is 0.644. The van der Waals surface area contributed by atoms with E-state index in [-0.39, 0.29) is 0 Å². The van der Waals surface area contributed by atoms with E-state index < -0.39 is 0 Å². The van der Waals surface area contributed by atoms with E-state index in [1.54, 1.807) is 0 Å². The lowest BCUT2D eigenvalue weighted by Gasteiger charge is -2.13. The lowest BCUT2D eigenvalue weighted by Crippen LogP contribution is -2.01. The van der Waals surface area contributed by atoms with Gasteiger partial charge in [-0.2, -0.15) is 0 Å². The summed E-state index contributed by atoms with van der Waals surface area (Å²) in [7, 11) is 0. The Morgan fingerprint density at radius 3 is 1.56 bits per heavy atom. The molecule has 0 unspecified atom stereocenters. The van der Waals surface area contributed by atoms with Gasteiger partial charge in [0.05, 0.1) is 0 Å². The van der Waals surface area contributed by atoms with E-state index in [0.29, 0.717) is 17.5 Å². The van der Waals surface area contributed by atoms with Gasteiger partial charge in [0.15, 0.2) is 17.5 Å². The third kappa shape index (κ3) is 6.58. The molecule has 0 fully saturated rings. The van der Waals surface area contributed by atoms with E-state index in [0.717, 1.165) is 46.2 Å². The summed E-state index contributed by atoms with van der Waals surface area (Å²) in [5, 5.41) is 2.62. The predicted octanol–water partition coefficient (Wildman–Crippen LogP) is 14.0. The molecule has 7 aromatic carbocycles. The van der Waals surface area contributed by atoms with Crippen LogP contribution in [0.15, 0.2) is 188 Å². The number of aromatic nitrogens is 3. The number of rotatable bonds is 7. The first-order chi connectivity index (χ1) is 27.2. The Balaban J connectivity index is 1.05. The van der Waals surface area contributed by atoms with Gasteiger partial charge in [-0.15, -0.1) is 11.3 Å². The Hall–Kier alpha value is -6.75. The number of benzene rings is 7. The van der Waals surface area contributed by atoms with Gasteiger partial charge in [-0.3, -0.25) is 0 Å². The molecule has 0 saturated heterocycles. The highest BCUT2D eigenvalue weighted by Crippen LogP contribution is 2.37. The van der Waals surface area contributed by atoms with Crippen LogP contribution in [0.2, 0.25) is 0 Å². The Kier molecular flexibility index (Phi) is 8.51. The largest absolute Gasteiger partial charge is 0.208 e. The molecular weight excluding hydrogens is 687 g/mol. The number of thiophene rings is 1. The predicted molar refractivity (Wildman–Crippen MR) is 232 cm³/mol. The molecule has 0 bridgehead atoms. The average Bonchev–Trinajstić information content (AvgIpc) is 3.65. The first-order valence-electron chi connectivity index (χ1n) is 18.7. The van der Waals surface area contributed by atoms with Crippen LogP contribution in [0.1, 0.15) is 18.4 Å². The van der Waals surface area contributed by atoms with Crippen molar-refractivity contribution >= 4 is 37.1 Å². The van der Waals surface area contributed by atoms with Gasteiger partial charge < -0.3 is 0 Å². The summed E-state index contributed by atoms with van der Waals surface area (Å²) >= 11 is 1.84. The molecule has 9 aromatic rings. The van der Waals surface area contributed by atoms with Crippen molar-refractivity contribution in [2.45, 2.75) is 12.8 Å². The van der Waals surface area contributed by atoms with Crippen LogP contribution in [-0.4, -0.2) is 15.0 Å². The van der Waals surface area contributed by atoms with Crippen molar-refractivity contribution in [1.29, 1.82) is 0 Å². The average molecular weight is 722 g/mol. The number of allylic oxidation sites excluding steroid dienone is 4. The third-order valence-electron chi connectivity index (χ3n) is 10.4. The molecule has 0 saturated carbocycles. The van der Waals surface area contributed by atoms with Crippen LogP contribution in [0.5, 0.6) is 0 Å². The lowest BCUT2D eigenvalue weighted by molar-refractivity contribution is 1.05. The molecule has 0 spiro atoms. The molecule has 260 valence electrons. The standard InChI is InChI=1S/C51H35N3S/c1-3-12-34(13-4-1)38-16-9-18-40(30-38)41-19-11-21-44(32-41)51-53-49(52-50(54-51)43-20-10-17-39(31-43)35-14-5-2-6-15-35)37-26-24-36(25-27-37)42-28-29-46-45-22-7-8-23-47(45)55-48(46)33-42/h1-5,7-14,16-33H,6,15H2. The lowest BCUT2D eigenvalue weighted by atomic mass is 9.96. The smallest absolute Gasteiger partial charge is 0.164 e. The van der Waals surface area contributed by atoms with Crippen molar-refractivity contribution in [3.05, 3.63) is 194 Å². The Morgan fingerprint density at radius 1 is 0.364 bits per heavy atom. The first-order valence-corrected chi connectivity index (χ1v) is 19.5. The number of hydrogen-bond donors (Lipinski definition) is 0. The summed E-state index contributed by atoms with van der Waals surface area (Å²) in [6, 6.07) is 60.4. The monoisotopic (exact) mass is 721 g/mol. The molecule has 2 heterocycles. The van der Waals surface area contributed by atoms with Gasteiger partial charge in [0.1, 0.15) is 0 Å². The van der Waals surface area contributed by atoms with Gasteiger partial charge >= 0.3 is 0 Å². The zero-order valence-electron chi connectivity index (χ0n) is 30.1. The first kappa shape index (κ1) is 32.9. The van der Waals surface area contributed by atoms with E-state index in [1.165, 1.54) is 48.0 Å². The third-order valence-corrected chi connectivity index (χ3v) is 11.6. The fourth-order valence-corrected chi connectivity index (χ4v) is 8.67. The second-order valence-electron chi connectivity index (χ2n) is 14.0. The molecule has 0 aliphatic heterocycles. The molecule has 4 heteroatoms. The van der Waals surface area contributed by atoms with Crippen molar-refractivity contribution in [1.82, 2.24) is 15.0 Å². The van der Waals surface area contributed by atoms with Crippen LogP contribution in [0, 0.1) is 0 Å². The van der Waals surface area contributed by atoms with E-state index in [1.807, 2.05) is 11.3 Å². The Labute approximate surface area is 324 Å². The quantitative estimate of drug-likeness (QED) is 0.164. The Morgan fingerprint density at radius 2 is 0.855 bits per heavy atom. The van der Waals surface area contributed by atoms with Gasteiger partial charge in [-0.25, -0.2) is 15.0 Å². The van der Waals surface area contributed by atoms with Crippen molar-refractivity contribution in [2.75, 3.05) is 0 Å². The maximum absolute atomic E-state index is 5.14. The SMILES string of the molecule is C1=CCCC(c2cccc(-c3nc(-c4ccc(-c5ccc6c(c5)sc5ccccc56)cc4)nc(-c4cccc(-c5cccc(-c6ccccc6)c5)c4)n3)c2)=C1. The molecule has 0 N–H and O–H groups in total. The minimum Gasteiger partial charge on any atom is -0.208 e. The zero-order valence-corrected chi connectivity index (χ0v) is 30.9. The van der Waals surface area contributed by atoms with Gasteiger partial charge in [0.2, 0.25) is 0 Å². The molecule has 0 radical (unpaired) electrons. The number of hydrogen-bond acceptors (Lipinski definition) is 4. The van der Waals surface area contributed by atoms with Crippen LogP contribution in [0.4, 0.5) is 0 Å². The fraction of sp³-hybridized carbons (Fsp3) is 0.0392. The zero-order chi connectivity index (χ0) is 36.6. The van der Waals surface area contributed by atoms with Gasteiger partial charge in [0, 0.05) is 36.9 Å². The molecule has 0 amide bonds. The van der Waals surface area contributed by atoms with Crippen molar-refractivity contribution < 1.29 is 0 Å². The normalized spacial score (nSPS) is 12.6. The van der Waals surface area contributed by atoms with E-state index in [4.69, 9.17) is 15.0 Å². The number of nitrogens with zero attached hydrogens (tertiary/aromatic N) is 3. The highest BCUT2D eigenvalue weighted by Gasteiger charge is 2.15. The molecule has 2 aromatic heterocycles. The topological polar surface area (TPSA) is 38.7 Å². The molecule has 1 aliphatic carbocycles. The second kappa shape index (κ2) is 14.2. The summed E-state index contributed by atoms with van der Waals surface area (Å²) in [6.07, 6.45) is 8.66. The number of fused-ring (bicyclic) bond motifs is 3. The van der Waals surface area contributed by atoms with Crippen LogP contribution < -0.4 is 0 Å². The van der Waals surface area contributed by atoms with Crippen LogP contribution in [-0.2, 0) is 0 Å². The van der Waals surface area contributed by atoms with Gasteiger partial charge in [-0.05, 0) is 87.7 Å². The summed E-state index contributed by atoms with van der Waals surface area (Å²) < 4.78 is 2.61. The second-order valence-corrected chi connectivity index (χ2v) is 15.0. The van der Waals surface area contributed by atoms with Crippen LogP contribution >= 0.6 is 11.3 Å². The molecular formula is C51H35N3S. The molecule has 1 aliphatic rings. The summed E-state index contributed by atoms with van der Waals surface area (Å²) in [5.74, 6) is 1.95. The van der Waals surface area contributed by atoms with E-state index in [9.17, 15) is 0 Å². The minimum atomic E-state index is 0.644. The van der Waals surface area contributed by atoms with Crippen molar-refractivity contribution in [2.24, 2.45) is 0 Å². The molecule has 3 nitrogen and oxygen atoms in total. The van der Waals surface area contributed by atoms with Gasteiger partial charge in [-0.1, -0.05) is 158 Å². The highest BCUT2D eigenvalue weighted by atomic mass is 32.1.